The summed E-state index contributed by atoms with van der Waals surface area (Å²) in [5, 5.41) is 11.2. The van der Waals surface area contributed by atoms with E-state index in [1.807, 2.05) is 140 Å². The molecule has 10 nitrogen and oxygen atoms in total. The molecule has 524 valence electrons. The third-order valence-corrected chi connectivity index (χ3v) is 21.2. The lowest BCUT2D eigenvalue weighted by Crippen LogP contribution is -1.95. The molecule has 0 atom stereocenters. The zero-order valence-corrected chi connectivity index (χ0v) is 60.2. The maximum atomic E-state index is 6.20. The van der Waals surface area contributed by atoms with Gasteiger partial charge in [0.25, 0.3) is 0 Å². The molecule has 0 unspecified atom stereocenters. The molecule has 23 rings (SSSR count). The van der Waals surface area contributed by atoms with E-state index >= 15 is 0 Å². The Bertz CT molecular complexity index is 7560. The molecule has 0 saturated heterocycles. The molecular weight excluding hydrogens is 1370 g/mol. The van der Waals surface area contributed by atoms with Crippen molar-refractivity contribution >= 4 is 120 Å². The maximum absolute atomic E-state index is 6.20. The minimum absolute atomic E-state index is 0.727. The van der Waals surface area contributed by atoms with Crippen LogP contribution < -0.4 is 0 Å². The highest BCUT2D eigenvalue weighted by Gasteiger charge is 2.21. The molecule has 0 amide bonds. The van der Waals surface area contributed by atoms with Gasteiger partial charge in [0.1, 0.15) is 33.5 Å². The van der Waals surface area contributed by atoms with Crippen molar-refractivity contribution < 1.29 is 13.3 Å². The first-order chi connectivity index (χ1) is 55.5. The number of pyridine rings is 2. The standard InChI is InChI=1S/C38H23N3O.2C32H20N2O/c1-2-9-26(10-3-1)41-34-14-6-4-11-27(34)28-18-17-25(21-35(28)41)38-31-13-8-20-39-33(31)23-32(40-38)24-16-19-30-29-12-5-7-15-36(29)42-37(30)22-24;1-3-9-21(10-4-1)31-26-17-15-24(20-28(26)33-32(34-31)22-11-5-2-6-12-22)23-16-18-30-27(19-23)25-13-7-8-14-29(25)35-30;1-3-9-21(10-4-1)31-32(22-11-5-2-6-12-22)34-28-19-23(16-18-27(28)33-31)24-15-17-26-25-13-7-8-14-29(25)35-30(26)20-24/h1-23H;2*1-20H. The lowest BCUT2D eigenvalue weighted by Gasteiger charge is -2.11. The van der Waals surface area contributed by atoms with E-state index in [1.165, 1.54) is 16.3 Å². The van der Waals surface area contributed by atoms with Gasteiger partial charge in [0.15, 0.2) is 5.82 Å². The van der Waals surface area contributed by atoms with E-state index in [1.54, 1.807) is 0 Å². The zero-order chi connectivity index (χ0) is 74.0. The van der Waals surface area contributed by atoms with Crippen molar-refractivity contribution in [3.8, 4) is 95.6 Å². The third kappa shape index (κ3) is 11.8. The summed E-state index contributed by atoms with van der Waals surface area (Å²) in [6.07, 6.45) is 1.84. The van der Waals surface area contributed by atoms with Gasteiger partial charge >= 0.3 is 0 Å². The van der Waals surface area contributed by atoms with Crippen LogP contribution in [0.5, 0.6) is 0 Å². The molecule has 15 aromatic carbocycles. The van der Waals surface area contributed by atoms with Crippen molar-refractivity contribution in [2.75, 3.05) is 0 Å². The van der Waals surface area contributed by atoms with E-state index in [4.69, 9.17) is 43.2 Å². The summed E-state index contributed by atoms with van der Waals surface area (Å²) >= 11 is 0. The number of para-hydroxylation sites is 5. The van der Waals surface area contributed by atoms with Gasteiger partial charge in [0.2, 0.25) is 0 Å². The summed E-state index contributed by atoms with van der Waals surface area (Å²) in [7, 11) is 0. The van der Waals surface area contributed by atoms with Crippen molar-refractivity contribution in [3.05, 3.63) is 382 Å². The van der Waals surface area contributed by atoms with Gasteiger partial charge in [-0.1, -0.05) is 255 Å². The summed E-state index contributed by atoms with van der Waals surface area (Å²) in [6.45, 7) is 0. The van der Waals surface area contributed by atoms with Crippen LogP contribution >= 0.6 is 0 Å². The van der Waals surface area contributed by atoms with Crippen LogP contribution in [0.15, 0.2) is 396 Å². The van der Waals surface area contributed by atoms with E-state index in [9.17, 15) is 0 Å². The minimum Gasteiger partial charge on any atom is -0.456 e. The molecule has 0 saturated carbocycles. The second-order valence-corrected chi connectivity index (χ2v) is 28.0. The third-order valence-electron chi connectivity index (χ3n) is 21.2. The molecule has 0 radical (unpaired) electrons. The molecule has 0 fully saturated rings. The molecule has 10 heteroatoms. The van der Waals surface area contributed by atoms with Crippen LogP contribution in [0, 0.1) is 0 Å². The highest BCUT2D eigenvalue weighted by atomic mass is 16.3. The zero-order valence-electron chi connectivity index (χ0n) is 60.2. The van der Waals surface area contributed by atoms with Gasteiger partial charge in [-0.3, -0.25) is 4.98 Å². The normalized spacial score (nSPS) is 11.6. The fraction of sp³-hybridized carbons (Fsp3) is 0. The average molecular weight is 1430 g/mol. The number of benzene rings is 15. The summed E-state index contributed by atoms with van der Waals surface area (Å²) in [4.78, 5) is 30.2. The van der Waals surface area contributed by atoms with Crippen LogP contribution in [0.2, 0.25) is 0 Å². The van der Waals surface area contributed by atoms with Crippen LogP contribution in [-0.2, 0) is 0 Å². The molecule has 23 aromatic rings. The predicted octanol–water partition coefficient (Wildman–Crippen LogP) is 27.0. The number of furan rings is 3. The molecule has 112 heavy (non-hydrogen) atoms. The van der Waals surface area contributed by atoms with Crippen LogP contribution in [-0.4, -0.2) is 34.5 Å². The summed E-state index contributed by atoms with van der Waals surface area (Å²) < 4.78 is 20.7. The first-order valence-corrected chi connectivity index (χ1v) is 37.4. The van der Waals surface area contributed by atoms with Gasteiger partial charge in [-0.15, -0.1) is 0 Å². The maximum Gasteiger partial charge on any atom is 0.160 e. The highest BCUT2D eigenvalue weighted by molar-refractivity contribution is 6.12. The van der Waals surface area contributed by atoms with E-state index < -0.39 is 0 Å². The molecule has 0 N–H and O–H groups in total. The van der Waals surface area contributed by atoms with E-state index in [2.05, 4.69) is 247 Å². The van der Waals surface area contributed by atoms with Gasteiger partial charge in [0, 0.05) is 99.1 Å². The van der Waals surface area contributed by atoms with E-state index in [-0.39, 0.29) is 0 Å². The van der Waals surface area contributed by atoms with Gasteiger partial charge in [-0.25, -0.2) is 24.9 Å². The number of rotatable bonds is 9. The van der Waals surface area contributed by atoms with Crippen LogP contribution in [0.4, 0.5) is 0 Å². The molecule has 0 aliphatic rings. The van der Waals surface area contributed by atoms with Gasteiger partial charge in [-0.05, 0) is 144 Å². The fourth-order valence-corrected chi connectivity index (χ4v) is 15.8. The second kappa shape index (κ2) is 27.5. The first-order valence-electron chi connectivity index (χ1n) is 37.4. The lowest BCUT2D eigenvalue weighted by atomic mass is 9.99. The summed E-state index contributed by atoms with van der Waals surface area (Å²) in [5.41, 5.74) is 27.5. The molecule has 8 heterocycles. The monoisotopic (exact) mass is 1430 g/mol. The largest absolute Gasteiger partial charge is 0.456 e. The quantitative estimate of drug-likeness (QED) is 0.139. The number of fused-ring (bicyclic) bond motifs is 15. The first kappa shape index (κ1) is 65.1. The Labute approximate surface area is 642 Å². The highest BCUT2D eigenvalue weighted by Crippen LogP contribution is 2.42. The Morgan fingerprint density at radius 1 is 0.196 bits per heavy atom. The van der Waals surface area contributed by atoms with Crippen molar-refractivity contribution in [2.24, 2.45) is 0 Å². The Morgan fingerprint density at radius 2 is 0.616 bits per heavy atom. The van der Waals surface area contributed by atoms with E-state index in [0.29, 0.717) is 0 Å². The van der Waals surface area contributed by atoms with Crippen molar-refractivity contribution in [1.82, 2.24) is 34.5 Å². The van der Waals surface area contributed by atoms with Crippen molar-refractivity contribution in [1.29, 1.82) is 0 Å². The molecule has 0 bridgehead atoms. The molecular formula is C102H63N7O3. The summed E-state index contributed by atoms with van der Waals surface area (Å²) in [5.74, 6) is 0.727. The Balaban J connectivity index is 0.000000107. The fourth-order valence-electron chi connectivity index (χ4n) is 15.8. The van der Waals surface area contributed by atoms with E-state index in [0.717, 1.165) is 200 Å². The lowest BCUT2D eigenvalue weighted by molar-refractivity contribution is 0.668. The SMILES string of the molecule is c1ccc(-c2nc(-c3ccccc3)c3ccc(-c4ccc5oc6ccccc6c5c4)cc3n2)cc1.c1ccc(-c2nc3ccc(-c4ccc5c(c4)oc4ccccc45)cc3nc2-c2ccccc2)cc1.c1ccc(-n2c3ccccc3c3ccc(-c4nc(-c5ccc6c(c5)oc5ccccc56)cc5ncccc45)cc32)cc1. The average Bonchev–Trinajstić information content (AvgIpc) is 1.53. The number of hydrogen-bond acceptors (Lipinski definition) is 9. The number of aromatic nitrogens is 7. The topological polar surface area (TPSA) is 122 Å². The van der Waals surface area contributed by atoms with Crippen LogP contribution in [0.1, 0.15) is 0 Å². The number of hydrogen-bond donors (Lipinski definition) is 0. The molecule has 0 aliphatic carbocycles. The molecule has 0 spiro atoms. The van der Waals surface area contributed by atoms with Gasteiger partial charge in [-0.2, -0.15) is 0 Å². The van der Waals surface area contributed by atoms with Crippen LogP contribution in [0.3, 0.4) is 0 Å². The van der Waals surface area contributed by atoms with Crippen molar-refractivity contribution in [3.63, 3.8) is 0 Å². The Hall–Kier alpha value is -15.3. The van der Waals surface area contributed by atoms with Gasteiger partial charge in [0.05, 0.1) is 61.6 Å². The van der Waals surface area contributed by atoms with Crippen LogP contribution in [0.25, 0.3) is 216 Å². The number of nitrogens with zero attached hydrogens (tertiary/aromatic N) is 7. The summed E-state index contributed by atoms with van der Waals surface area (Å²) in [6, 6.07) is 129. The Morgan fingerprint density at radius 3 is 1.27 bits per heavy atom. The second-order valence-electron chi connectivity index (χ2n) is 28.0. The molecule has 0 aliphatic heterocycles. The predicted molar refractivity (Wildman–Crippen MR) is 458 cm³/mol. The minimum atomic E-state index is 0.727. The smallest absolute Gasteiger partial charge is 0.160 e. The Kier molecular flexibility index (Phi) is 16.0. The van der Waals surface area contributed by atoms with Crippen molar-refractivity contribution in [2.45, 2.75) is 0 Å². The molecule has 8 aromatic heterocycles. The van der Waals surface area contributed by atoms with Gasteiger partial charge < -0.3 is 17.8 Å².